The van der Waals surface area contributed by atoms with E-state index >= 15 is 0 Å². The molecule has 0 spiro atoms. The summed E-state index contributed by atoms with van der Waals surface area (Å²) in [6, 6.07) is 4.08. The maximum Gasteiger partial charge on any atom is 0.205 e. The molecule has 1 saturated carbocycles. The van der Waals surface area contributed by atoms with E-state index in [2.05, 4.69) is 0 Å². The van der Waals surface area contributed by atoms with Gasteiger partial charge in [0.1, 0.15) is 5.75 Å². The summed E-state index contributed by atoms with van der Waals surface area (Å²) in [6.45, 7) is 1.69. The molecule has 7 nitrogen and oxygen atoms in total. The molecule has 0 amide bonds. The van der Waals surface area contributed by atoms with Crippen LogP contribution in [0.4, 0.5) is 0 Å². The number of Topliss-reactive ketones (excluding diaryl/α,β-unsaturated/α-hetero) is 2. The molecule has 3 aliphatic carbocycles. The van der Waals surface area contributed by atoms with Crippen molar-refractivity contribution in [1.29, 1.82) is 0 Å². The molecule has 3 N–H and O–H groups in total. The number of aliphatic hydroxyl groups is 2. The smallest absolute Gasteiger partial charge is 0.205 e. The predicted molar refractivity (Wildman–Crippen MR) is 85.8 cm³/mol. The molecule has 5 rings (SSSR count). The van der Waals surface area contributed by atoms with Crippen LogP contribution in [-0.4, -0.2) is 55.6 Å². The maximum atomic E-state index is 13.3. The van der Waals surface area contributed by atoms with Crippen LogP contribution < -0.4 is 0 Å². The van der Waals surface area contributed by atoms with Crippen molar-refractivity contribution in [1.82, 2.24) is 0 Å². The molecule has 4 aliphatic rings. The summed E-state index contributed by atoms with van der Waals surface area (Å²) in [5, 5.41) is 31.9. The highest BCUT2D eigenvalue weighted by Crippen LogP contribution is 2.69. The summed E-state index contributed by atoms with van der Waals surface area (Å²) in [7, 11) is 0. The summed E-state index contributed by atoms with van der Waals surface area (Å²) in [6.07, 6.45) is -0.270. The van der Waals surface area contributed by atoms with E-state index in [-0.39, 0.29) is 29.7 Å². The van der Waals surface area contributed by atoms with Crippen molar-refractivity contribution in [2.24, 2.45) is 5.92 Å². The van der Waals surface area contributed by atoms with Gasteiger partial charge < -0.3 is 20.1 Å². The number of carbonyl (C=O) groups excluding carboxylic acids is 3. The van der Waals surface area contributed by atoms with E-state index in [1.54, 1.807) is 6.92 Å². The number of phenols is 1. The summed E-state index contributed by atoms with van der Waals surface area (Å²) in [5.41, 5.74) is -5.14. The summed E-state index contributed by atoms with van der Waals surface area (Å²) in [4.78, 5) is 39.2. The fourth-order valence-electron chi connectivity index (χ4n) is 5.36. The van der Waals surface area contributed by atoms with Gasteiger partial charge in [-0.2, -0.15) is 0 Å². The molecule has 1 heterocycles. The molecule has 134 valence electrons. The number of aliphatic hydroxyl groups excluding tert-OH is 1. The zero-order valence-corrected chi connectivity index (χ0v) is 13.9. The Morgan fingerprint density at radius 3 is 2.62 bits per heavy atom. The van der Waals surface area contributed by atoms with Gasteiger partial charge in [0.2, 0.25) is 5.78 Å². The average molecular weight is 356 g/mol. The molecule has 5 unspecified atom stereocenters. The van der Waals surface area contributed by atoms with Gasteiger partial charge in [0, 0.05) is 12.0 Å². The van der Waals surface area contributed by atoms with Crippen LogP contribution in [0.5, 0.6) is 5.75 Å². The molecule has 1 aromatic carbocycles. The number of fused-ring (bicyclic) bond motifs is 2. The number of hydrogen-bond acceptors (Lipinski definition) is 7. The number of phenolic OH excluding ortho intramolecular Hbond substituents is 1. The van der Waals surface area contributed by atoms with Crippen LogP contribution in [0.15, 0.2) is 29.8 Å². The maximum absolute atomic E-state index is 13.3. The van der Waals surface area contributed by atoms with Gasteiger partial charge >= 0.3 is 0 Å². The summed E-state index contributed by atoms with van der Waals surface area (Å²) >= 11 is 0. The molecule has 1 saturated heterocycles. The van der Waals surface area contributed by atoms with Crippen LogP contribution in [0, 0.1) is 5.92 Å². The second kappa shape index (κ2) is 4.31. The normalized spacial score (nSPS) is 43.0. The second-order valence-electron chi connectivity index (χ2n) is 7.76. The Hall–Kier alpha value is -2.35. The first-order valence-corrected chi connectivity index (χ1v) is 8.42. The van der Waals surface area contributed by atoms with Crippen molar-refractivity contribution >= 4 is 17.3 Å². The standard InChI is InChI=1S/C19H16O7/c1-8-5-11(21)14-17(25,6-8)7-12(22)18-16(24)13-9(3-2-4-10(13)20)15(23)19(14,18)26-18/h2-5,12,14,20,22,25H,6-7H2,1H3. The Morgan fingerprint density at radius 1 is 1.15 bits per heavy atom. The number of ketones is 3. The molecular weight excluding hydrogens is 340 g/mol. The summed E-state index contributed by atoms with van der Waals surface area (Å²) in [5.74, 6) is -3.52. The quantitative estimate of drug-likeness (QED) is 0.571. The first-order chi connectivity index (χ1) is 12.2. The fraction of sp³-hybridized carbons (Fsp3) is 0.421. The van der Waals surface area contributed by atoms with Crippen LogP contribution >= 0.6 is 0 Å². The van der Waals surface area contributed by atoms with Crippen molar-refractivity contribution in [2.75, 3.05) is 0 Å². The first kappa shape index (κ1) is 15.9. The minimum Gasteiger partial charge on any atom is -0.507 e. The third-order valence-electron chi connectivity index (χ3n) is 6.24. The second-order valence-corrected chi connectivity index (χ2v) is 7.76. The molecule has 0 radical (unpaired) electrons. The minimum atomic E-state index is -1.93. The van der Waals surface area contributed by atoms with E-state index in [1.807, 2.05) is 0 Å². The lowest BCUT2D eigenvalue weighted by molar-refractivity contribution is -0.141. The topological polar surface area (TPSA) is 124 Å². The van der Waals surface area contributed by atoms with Crippen molar-refractivity contribution in [2.45, 2.75) is 42.7 Å². The van der Waals surface area contributed by atoms with Crippen molar-refractivity contribution in [3.05, 3.63) is 41.0 Å². The highest BCUT2D eigenvalue weighted by molar-refractivity contribution is 6.28. The number of allylic oxidation sites excluding steroid dienone is 1. The molecule has 1 aliphatic heterocycles. The van der Waals surface area contributed by atoms with Crippen LogP contribution in [0.1, 0.15) is 40.5 Å². The minimum absolute atomic E-state index is 0.0568. The van der Waals surface area contributed by atoms with Gasteiger partial charge in [-0.25, -0.2) is 0 Å². The zero-order chi connectivity index (χ0) is 18.6. The number of rotatable bonds is 0. The lowest BCUT2D eigenvalue weighted by atomic mass is 9.53. The van der Waals surface area contributed by atoms with Crippen LogP contribution in [-0.2, 0) is 9.53 Å². The largest absolute Gasteiger partial charge is 0.507 e. The fourth-order valence-corrected chi connectivity index (χ4v) is 5.36. The van der Waals surface area contributed by atoms with Gasteiger partial charge in [-0.05, 0) is 25.5 Å². The lowest BCUT2D eigenvalue weighted by Crippen LogP contribution is -2.68. The van der Waals surface area contributed by atoms with Gasteiger partial charge in [-0.15, -0.1) is 0 Å². The molecule has 26 heavy (non-hydrogen) atoms. The number of benzene rings is 1. The van der Waals surface area contributed by atoms with Gasteiger partial charge in [0.25, 0.3) is 0 Å². The molecule has 5 atom stereocenters. The first-order valence-electron chi connectivity index (χ1n) is 8.42. The Labute approximate surface area is 147 Å². The van der Waals surface area contributed by atoms with Crippen LogP contribution in [0.25, 0.3) is 0 Å². The van der Waals surface area contributed by atoms with Gasteiger partial charge in [0.05, 0.1) is 23.2 Å². The zero-order valence-electron chi connectivity index (χ0n) is 13.9. The molecule has 2 fully saturated rings. The highest BCUT2D eigenvalue weighted by Gasteiger charge is 2.91. The third-order valence-corrected chi connectivity index (χ3v) is 6.24. The van der Waals surface area contributed by atoms with Crippen molar-refractivity contribution < 1.29 is 34.4 Å². The average Bonchev–Trinajstić information content (AvgIpc) is 3.24. The van der Waals surface area contributed by atoms with Crippen LogP contribution in [0.3, 0.4) is 0 Å². The Kier molecular flexibility index (Phi) is 2.63. The Bertz CT molecular complexity index is 963. The van der Waals surface area contributed by atoms with Crippen molar-refractivity contribution in [3.63, 3.8) is 0 Å². The Balaban J connectivity index is 1.80. The van der Waals surface area contributed by atoms with Gasteiger partial charge in [-0.3, -0.25) is 14.4 Å². The number of aromatic hydroxyl groups is 1. The predicted octanol–water partition coefficient (Wildman–Crippen LogP) is 0.310. The number of ether oxygens (including phenoxy) is 1. The SMILES string of the molecule is CC1=CC(=O)C2C(O)(C1)CC(O)C13OC21C(=O)c1cccc(O)c1C3=O. The van der Waals surface area contributed by atoms with E-state index < -0.39 is 46.2 Å². The molecule has 1 aromatic rings. The van der Waals surface area contributed by atoms with Gasteiger partial charge in [-0.1, -0.05) is 17.7 Å². The van der Waals surface area contributed by atoms with E-state index in [1.165, 1.54) is 24.3 Å². The monoisotopic (exact) mass is 356 g/mol. The van der Waals surface area contributed by atoms with E-state index in [0.29, 0.717) is 5.57 Å². The molecule has 7 heteroatoms. The summed E-state index contributed by atoms with van der Waals surface area (Å²) < 4.78 is 5.66. The van der Waals surface area contributed by atoms with Crippen molar-refractivity contribution in [3.8, 4) is 5.75 Å². The number of hydrogen-bond donors (Lipinski definition) is 3. The number of epoxide rings is 1. The lowest BCUT2D eigenvalue weighted by Gasteiger charge is -2.47. The molecule has 0 aromatic heterocycles. The van der Waals surface area contributed by atoms with Gasteiger partial charge in [0.15, 0.2) is 22.8 Å². The van der Waals surface area contributed by atoms with E-state index in [4.69, 9.17) is 4.74 Å². The van der Waals surface area contributed by atoms with E-state index in [0.717, 1.165) is 0 Å². The molecule has 0 bridgehead atoms. The molecular formula is C19H16O7. The van der Waals surface area contributed by atoms with E-state index in [9.17, 15) is 29.7 Å². The Morgan fingerprint density at radius 2 is 1.88 bits per heavy atom. The third kappa shape index (κ3) is 1.42. The number of carbonyl (C=O) groups is 3. The highest BCUT2D eigenvalue weighted by atomic mass is 16.7. The van der Waals surface area contributed by atoms with Crippen LogP contribution in [0.2, 0.25) is 0 Å².